The summed E-state index contributed by atoms with van der Waals surface area (Å²) in [6.07, 6.45) is 3.70. The van der Waals surface area contributed by atoms with Crippen LogP contribution in [0.15, 0.2) is 18.2 Å². The van der Waals surface area contributed by atoms with E-state index in [4.69, 9.17) is 9.47 Å². The minimum atomic E-state index is 0.399. The Bertz CT molecular complexity index is 386. The first kappa shape index (κ1) is 11.1. The summed E-state index contributed by atoms with van der Waals surface area (Å²) in [6.45, 7) is 3.40. The van der Waals surface area contributed by atoms with Gasteiger partial charge in [0.2, 0.25) is 0 Å². The maximum Gasteiger partial charge on any atom is 0.189 e. The lowest BCUT2D eigenvalue weighted by Crippen LogP contribution is -2.28. The molecule has 92 valence electrons. The third kappa shape index (κ3) is 2.45. The number of hydrogen-bond acceptors (Lipinski definition) is 3. The van der Waals surface area contributed by atoms with E-state index in [1.165, 1.54) is 24.0 Å². The van der Waals surface area contributed by atoms with Crippen molar-refractivity contribution in [3.05, 3.63) is 29.3 Å². The molecule has 0 unspecified atom stereocenters. The van der Waals surface area contributed by atoms with E-state index < -0.39 is 0 Å². The number of para-hydroxylation sites is 1. The van der Waals surface area contributed by atoms with E-state index in [1.54, 1.807) is 0 Å². The Morgan fingerprint density at radius 2 is 2.12 bits per heavy atom. The Hall–Kier alpha value is -1.06. The molecule has 3 nitrogen and oxygen atoms in total. The molecule has 0 saturated carbocycles. The van der Waals surface area contributed by atoms with Crippen molar-refractivity contribution in [1.82, 2.24) is 5.32 Å². The molecule has 1 fully saturated rings. The van der Waals surface area contributed by atoms with Gasteiger partial charge in [0.05, 0.1) is 6.61 Å². The topological polar surface area (TPSA) is 30.5 Å². The molecule has 0 amide bonds. The maximum absolute atomic E-state index is 5.66. The highest BCUT2D eigenvalue weighted by Gasteiger charge is 2.19. The minimum absolute atomic E-state index is 0.399. The van der Waals surface area contributed by atoms with Crippen molar-refractivity contribution in [2.24, 2.45) is 5.92 Å². The molecule has 2 aliphatic rings. The van der Waals surface area contributed by atoms with Crippen molar-refractivity contribution in [3.63, 3.8) is 0 Å². The lowest BCUT2D eigenvalue weighted by molar-refractivity contribution is -0.0171. The number of fused-ring (bicyclic) bond motifs is 1. The van der Waals surface area contributed by atoms with Gasteiger partial charge in [-0.2, -0.15) is 0 Å². The van der Waals surface area contributed by atoms with E-state index in [0.29, 0.717) is 13.4 Å². The Labute approximate surface area is 102 Å². The molecule has 0 aliphatic carbocycles. The zero-order chi connectivity index (χ0) is 11.5. The summed E-state index contributed by atoms with van der Waals surface area (Å²) >= 11 is 0. The van der Waals surface area contributed by atoms with Crippen LogP contribution in [0.4, 0.5) is 0 Å². The van der Waals surface area contributed by atoms with Crippen LogP contribution in [0.5, 0.6) is 5.75 Å². The van der Waals surface area contributed by atoms with Gasteiger partial charge in [0.1, 0.15) is 5.75 Å². The molecule has 2 heterocycles. The van der Waals surface area contributed by atoms with Crippen LogP contribution in [0.2, 0.25) is 0 Å². The SMILES string of the molecule is c1cc2c(c(CC3CCNCC3)c1)OCOC2. The molecule has 3 heteroatoms. The first-order chi connectivity index (χ1) is 8.43. The number of piperidine rings is 1. The van der Waals surface area contributed by atoms with Crippen LogP contribution in [0.1, 0.15) is 24.0 Å². The minimum Gasteiger partial charge on any atom is -0.467 e. The molecule has 0 aromatic heterocycles. The average Bonchev–Trinajstić information content (AvgIpc) is 2.40. The standard InChI is InChI=1S/C14H19NO2/c1-2-12(8-11-4-6-15-7-5-11)14-13(3-1)9-16-10-17-14/h1-3,11,15H,4-10H2. The first-order valence-corrected chi connectivity index (χ1v) is 6.45. The molecule has 17 heavy (non-hydrogen) atoms. The summed E-state index contributed by atoms with van der Waals surface area (Å²) in [4.78, 5) is 0. The summed E-state index contributed by atoms with van der Waals surface area (Å²) in [6, 6.07) is 6.42. The Kier molecular flexibility index (Phi) is 3.29. The highest BCUT2D eigenvalue weighted by Crippen LogP contribution is 2.31. The van der Waals surface area contributed by atoms with Gasteiger partial charge in [-0.25, -0.2) is 0 Å². The van der Waals surface area contributed by atoms with Crippen molar-refractivity contribution in [1.29, 1.82) is 0 Å². The van der Waals surface area contributed by atoms with E-state index in [2.05, 4.69) is 23.5 Å². The molecule has 0 radical (unpaired) electrons. The third-order valence-corrected chi connectivity index (χ3v) is 3.69. The van der Waals surface area contributed by atoms with Gasteiger partial charge in [0.15, 0.2) is 6.79 Å². The Morgan fingerprint density at radius 1 is 1.24 bits per heavy atom. The number of benzene rings is 1. The van der Waals surface area contributed by atoms with Crippen LogP contribution in [0.25, 0.3) is 0 Å². The summed E-state index contributed by atoms with van der Waals surface area (Å²) < 4.78 is 11.0. The van der Waals surface area contributed by atoms with Crippen LogP contribution in [-0.4, -0.2) is 19.9 Å². The van der Waals surface area contributed by atoms with Crippen molar-refractivity contribution >= 4 is 0 Å². The predicted molar refractivity (Wildman–Crippen MR) is 66.0 cm³/mol. The monoisotopic (exact) mass is 233 g/mol. The van der Waals surface area contributed by atoms with E-state index in [-0.39, 0.29) is 0 Å². The fourth-order valence-electron chi connectivity index (χ4n) is 2.75. The predicted octanol–water partition coefficient (Wildman–Crippen LogP) is 2.10. The van der Waals surface area contributed by atoms with E-state index in [0.717, 1.165) is 31.2 Å². The smallest absolute Gasteiger partial charge is 0.189 e. The summed E-state index contributed by atoms with van der Waals surface area (Å²) in [5, 5.41) is 3.41. The van der Waals surface area contributed by atoms with Crippen molar-refractivity contribution < 1.29 is 9.47 Å². The van der Waals surface area contributed by atoms with Gasteiger partial charge in [-0.1, -0.05) is 18.2 Å². The normalized spacial score (nSPS) is 20.7. The lowest BCUT2D eigenvalue weighted by Gasteiger charge is -2.25. The molecule has 0 atom stereocenters. The van der Waals surface area contributed by atoms with Gasteiger partial charge in [-0.3, -0.25) is 0 Å². The Morgan fingerprint density at radius 3 is 3.00 bits per heavy atom. The van der Waals surface area contributed by atoms with Crippen molar-refractivity contribution in [2.45, 2.75) is 25.9 Å². The second-order valence-electron chi connectivity index (χ2n) is 4.91. The van der Waals surface area contributed by atoms with Gasteiger partial charge in [-0.15, -0.1) is 0 Å². The zero-order valence-electron chi connectivity index (χ0n) is 10.1. The second-order valence-corrected chi connectivity index (χ2v) is 4.91. The highest BCUT2D eigenvalue weighted by atomic mass is 16.7. The van der Waals surface area contributed by atoms with Gasteiger partial charge < -0.3 is 14.8 Å². The van der Waals surface area contributed by atoms with Gasteiger partial charge in [0, 0.05) is 5.56 Å². The van der Waals surface area contributed by atoms with E-state index in [9.17, 15) is 0 Å². The lowest BCUT2D eigenvalue weighted by atomic mass is 9.90. The molecule has 0 bridgehead atoms. The molecule has 3 rings (SSSR count). The largest absolute Gasteiger partial charge is 0.467 e. The second kappa shape index (κ2) is 5.07. The number of nitrogens with one attached hydrogen (secondary N) is 1. The number of rotatable bonds is 2. The molecular weight excluding hydrogens is 214 g/mol. The first-order valence-electron chi connectivity index (χ1n) is 6.45. The summed E-state index contributed by atoms with van der Waals surface area (Å²) in [5.41, 5.74) is 2.56. The van der Waals surface area contributed by atoms with E-state index >= 15 is 0 Å². The molecule has 1 aromatic carbocycles. The molecule has 2 aliphatic heterocycles. The fourth-order valence-corrected chi connectivity index (χ4v) is 2.75. The summed E-state index contributed by atoms with van der Waals surface area (Å²) in [7, 11) is 0. The van der Waals surface area contributed by atoms with Crippen LogP contribution in [-0.2, 0) is 17.8 Å². The highest BCUT2D eigenvalue weighted by molar-refractivity contribution is 5.42. The van der Waals surface area contributed by atoms with Crippen molar-refractivity contribution in [2.75, 3.05) is 19.9 Å². The van der Waals surface area contributed by atoms with E-state index in [1.807, 2.05) is 0 Å². The fraction of sp³-hybridized carbons (Fsp3) is 0.571. The molecular formula is C14H19NO2. The van der Waals surface area contributed by atoms with Gasteiger partial charge in [-0.05, 0) is 43.8 Å². The average molecular weight is 233 g/mol. The quantitative estimate of drug-likeness (QED) is 0.848. The van der Waals surface area contributed by atoms with Gasteiger partial charge in [0.25, 0.3) is 0 Å². The molecule has 1 N–H and O–H groups in total. The van der Waals surface area contributed by atoms with Crippen LogP contribution < -0.4 is 10.1 Å². The maximum atomic E-state index is 5.66. The molecule has 1 aromatic rings. The zero-order valence-corrected chi connectivity index (χ0v) is 10.1. The Balaban J connectivity index is 1.77. The van der Waals surface area contributed by atoms with Crippen molar-refractivity contribution in [3.8, 4) is 5.75 Å². The third-order valence-electron chi connectivity index (χ3n) is 3.69. The summed E-state index contributed by atoms with van der Waals surface area (Å²) in [5.74, 6) is 1.88. The van der Waals surface area contributed by atoms with Gasteiger partial charge >= 0.3 is 0 Å². The number of hydrogen-bond donors (Lipinski definition) is 1. The molecule has 1 saturated heterocycles. The molecule has 0 spiro atoms. The van der Waals surface area contributed by atoms with Crippen LogP contribution in [0, 0.1) is 5.92 Å². The number of ether oxygens (including phenoxy) is 2. The van der Waals surface area contributed by atoms with Crippen LogP contribution in [0.3, 0.4) is 0 Å². The van der Waals surface area contributed by atoms with Crippen LogP contribution >= 0.6 is 0 Å².